The molecule has 1 heterocycles. The summed E-state index contributed by atoms with van der Waals surface area (Å²) < 4.78 is 28.9. The van der Waals surface area contributed by atoms with E-state index >= 15 is 0 Å². The highest BCUT2D eigenvalue weighted by Crippen LogP contribution is 2.23. The summed E-state index contributed by atoms with van der Waals surface area (Å²) in [4.78, 5) is 43.0. The van der Waals surface area contributed by atoms with Crippen LogP contribution in [0, 0.1) is 11.8 Å². The molecular formula is C36H45N5O7S. The number of hydrogen-bond acceptors (Lipinski definition) is 8. The zero-order valence-corrected chi connectivity index (χ0v) is 29.0. The van der Waals surface area contributed by atoms with E-state index in [0.29, 0.717) is 5.56 Å². The molecule has 0 aromatic heterocycles. The number of rotatable bonds is 16. The lowest BCUT2D eigenvalue weighted by atomic mass is 9.97. The van der Waals surface area contributed by atoms with Gasteiger partial charge in [-0.1, -0.05) is 106 Å². The van der Waals surface area contributed by atoms with Crippen molar-refractivity contribution in [2.75, 3.05) is 19.6 Å². The molecule has 0 aliphatic carbocycles. The lowest BCUT2D eigenvalue weighted by Gasteiger charge is -2.34. The van der Waals surface area contributed by atoms with Crippen LogP contribution in [0.2, 0.25) is 0 Å². The molecule has 262 valence electrons. The Morgan fingerprint density at radius 1 is 0.918 bits per heavy atom. The first-order valence-corrected chi connectivity index (χ1v) is 17.7. The Kier molecular flexibility index (Phi) is 12.7. The van der Waals surface area contributed by atoms with Crippen LogP contribution in [0.1, 0.15) is 44.4 Å². The van der Waals surface area contributed by atoms with Gasteiger partial charge in [-0.15, -0.1) is 0 Å². The summed E-state index contributed by atoms with van der Waals surface area (Å²) in [6.07, 6.45) is 0.00702. The molecule has 1 fully saturated rings. The number of aliphatic hydroxyl groups excluding tert-OH is 1. The van der Waals surface area contributed by atoms with Crippen LogP contribution < -0.4 is 5.32 Å². The molecule has 4 rings (SSSR count). The molecule has 0 spiro atoms. The molecule has 3 N–H and O–H groups in total. The minimum atomic E-state index is -4.09. The van der Waals surface area contributed by atoms with Crippen molar-refractivity contribution in [3.05, 3.63) is 102 Å². The fourth-order valence-electron chi connectivity index (χ4n) is 5.88. The molecule has 49 heavy (non-hydrogen) atoms. The Hall–Kier alpha value is -4.59. The third-order valence-electron chi connectivity index (χ3n) is 8.28. The maximum Gasteiger partial charge on any atom is 0.328 e. The molecule has 13 heteroatoms. The van der Waals surface area contributed by atoms with Crippen molar-refractivity contribution < 1.29 is 33.1 Å². The lowest BCUT2D eigenvalue weighted by Crippen LogP contribution is -2.57. The molecule has 0 unspecified atom stereocenters. The quantitative estimate of drug-likeness (QED) is 0.0894. The third kappa shape index (κ3) is 9.52. The smallest absolute Gasteiger partial charge is 0.328 e. The van der Waals surface area contributed by atoms with Gasteiger partial charge in [0.15, 0.2) is 0 Å². The van der Waals surface area contributed by atoms with Gasteiger partial charge in [0.25, 0.3) is 5.91 Å². The molecule has 0 saturated carbocycles. The fraction of sp³-hybridized carbons (Fsp3) is 0.389. The van der Waals surface area contributed by atoms with Gasteiger partial charge in [-0.25, -0.2) is 13.2 Å². The minimum absolute atomic E-state index is 0.00349. The highest BCUT2D eigenvalue weighted by Gasteiger charge is 2.44. The van der Waals surface area contributed by atoms with Crippen LogP contribution in [-0.4, -0.2) is 94.7 Å². The Morgan fingerprint density at radius 3 is 2.06 bits per heavy atom. The van der Waals surface area contributed by atoms with Gasteiger partial charge in [0, 0.05) is 13.1 Å². The van der Waals surface area contributed by atoms with E-state index in [1.54, 1.807) is 13.8 Å². The Morgan fingerprint density at radius 2 is 1.51 bits per heavy atom. The first-order chi connectivity index (χ1) is 23.3. The molecule has 4 amide bonds. The summed E-state index contributed by atoms with van der Waals surface area (Å²) in [6, 6.07) is 21.6. The second-order valence-corrected chi connectivity index (χ2v) is 14.9. The molecular weight excluding hydrogens is 646 g/mol. The summed E-state index contributed by atoms with van der Waals surface area (Å²) in [7, 11) is -4.09. The average Bonchev–Trinajstić information content (AvgIpc) is 3.33. The van der Waals surface area contributed by atoms with E-state index in [-0.39, 0.29) is 49.3 Å². The highest BCUT2D eigenvalue weighted by molar-refractivity contribution is 7.89. The van der Waals surface area contributed by atoms with Crippen LogP contribution in [-0.2, 0) is 32.6 Å². The topological polar surface area (TPSA) is 160 Å². The van der Waals surface area contributed by atoms with Gasteiger partial charge in [-0.05, 0) is 47.1 Å². The summed E-state index contributed by atoms with van der Waals surface area (Å²) in [5.74, 6) is -1.45. The largest absolute Gasteiger partial charge is 0.411 e. The van der Waals surface area contributed by atoms with E-state index in [1.165, 1.54) is 39.7 Å². The summed E-state index contributed by atoms with van der Waals surface area (Å²) in [6.45, 7) is 6.87. The van der Waals surface area contributed by atoms with Crippen LogP contribution in [0.15, 0.2) is 95.0 Å². The molecule has 3 aromatic rings. The fourth-order valence-corrected chi connectivity index (χ4v) is 7.50. The van der Waals surface area contributed by atoms with Crippen molar-refractivity contribution in [2.24, 2.45) is 17.0 Å². The van der Waals surface area contributed by atoms with Gasteiger partial charge < -0.3 is 20.5 Å². The van der Waals surface area contributed by atoms with Gasteiger partial charge in [-0.2, -0.15) is 4.31 Å². The van der Waals surface area contributed by atoms with Crippen molar-refractivity contribution in [3.63, 3.8) is 0 Å². The maximum absolute atomic E-state index is 14.1. The summed E-state index contributed by atoms with van der Waals surface area (Å²) in [5, 5.41) is 26.4. The van der Waals surface area contributed by atoms with E-state index in [4.69, 9.17) is 5.21 Å². The summed E-state index contributed by atoms with van der Waals surface area (Å²) in [5.41, 5.74) is 2.08. The monoisotopic (exact) mass is 691 g/mol. The number of hydrogen-bond donors (Lipinski definition) is 3. The van der Waals surface area contributed by atoms with E-state index in [9.17, 15) is 27.9 Å². The number of amides is 4. The molecule has 0 radical (unpaired) electrons. The Labute approximate surface area is 288 Å². The van der Waals surface area contributed by atoms with E-state index < -0.39 is 46.1 Å². The van der Waals surface area contributed by atoms with Crippen molar-refractivity contribution in [3.8, 4) is 0 Å². The zero-order valence-electron chi connectivity index (χ0n) is 28.2. The highest BCUT2D eigenvalue weighted by atomic mass is 32.2. The van der Waals surface area contributed by atoms with Crippen molar-refractivity contribution >= 4 is 34.1 Å². The maximum atomic E-state index is 14.1. The van der Waals surface area contributed by atoms with Crippen LogP contribution in [0.4, 0.5) is 4.79 Å². The van der Waals surface area contributed by atoms with Gasteiger partial charge in [0.2, 0.25) is 15.9 Å². The molecule has 3 atom stereocenters. The number of urea groups is 1. The Bertz CT molecular complexity index is 1700. The first kappa shape index (κ1) is 37.2. The number of imide groups is 1. The number of carbonyl (C=O) groups is 3. The number of oxime groups is 1. The minimum Gasteiger partial charge on any atom is -0.411 e. The van der Waals surface area contributed by atoms with Crippen molar-refractivity contribution in [1.29, 1.82) is 0 Å². The van der Waals surface area contributed by atoms with Crippen LogP contribution in [0.5, 0.6) is 0 Å². The number of carbonyl (C=O) groups excluding carboxylic acids is 3. The predicted octanol–water partition coefficient (Wildman–Crippen LogP) is 3.72. The zero-order chi connectivity index (χ0) is 35.7. The number of nitrogens with zero attached hydrogens (tertiary/aromatic N) is 4. The van der Waals surface area contributed by atoms with Gasteiger partial charge in [0.05, 0.1) is 29.8 Å². The van der Waals surface area contributed by atoms with Gasteiger partial charge >= 0.3 is 6.03 Å². The molecule has 1 saturated heterocycles. The third-order valence-corrected chi connectivity index (χ3v) is 10.1. The SMILES string of the molecule is CC(C)CN(C[C@@H](O)[C@H](Cc1ccccc1)NC(=O)[C@H](C(C)C)N1CC(=O)N(Cc2ccccc2)C1=O)S(=O)(=O)c1ccc(C=NO)cc1. The second-order valence-electron chi connectivity index (χ2n) is 13.0. The van der Waals surface area contributed by atoms with E-state index in [2.05, 4.69) is 10.5 Å². The van der Waals surface area contributed by atoms with Crippen LogP contribution >= 0.6 is 0 Å². The predicted molar refractivity (Wildman–Crippen MR) is 185 cm³/mol. The van der Waals surface area contributed by atoms with Crippen molar-refractivity contribution in [2.45, 2.75) is 63.7 Å². The van der Waals surface area contributed by atoms with Gasteiger partial charge in [0.1, 0.15) is 12.6 Å². The molecule has 12 nitrogen and oxygen atoms in total. The van der Waals surface area contributed by atoms with Gasteiger partial charge in [-0.3, -0.25) is 14.5 Å². The van der Waals surface area contributed by atoms with Crippen LogP contribution in [0.3, 0.4) is 0 Å². The summed E-state index contributed by atoms with van der Waals surface area (Å²) >= 11 is 0. The lowest BCUT2D eigenvalue weighted by molar-refractivity contribution is -0.129. The normalized spacial score (nSPS) is 15.8. The molecule has 1 aliphatic heterocycles. The average molecular weight is 692 g/mol. The molecule has 0 bridgehead atoms. The number of sulfonamides is 1. The number of nitrogens with one attached hydrogen (secondary N) is 1. The number of benzene rings is 3. The molecule has 1 aliphatic rings. The van der Waals surface area contributed by atoms with Crippen LogP contribution in [0.25, 0.3) is 0 Å². The first-order valence-electron chi connectivity index (χ1n) is 16.3. The number of aliphatic hydroxyl groups is 1. The Balaban J connectivity index is 1.59. The standard InChI is InChI=1S/C36H45N5O7S/c1-25(2)21-39(49(47,48)30-17-15-28(16-18-30)20-37-46)23-32(42)31(19-27-11-7-5-8-12-27)38-35(44)34(26(3)4)41-24-33(43)40(36(41)45)22-29-13-9-6-10-14-29/h5-18,20,25-26,31-32,34,42,46H,19,21-24H2,1-4H3,(H,38,44)/t31-,32+,34-/m0/s1. The second kappa shape index (κ2) is 16.7. The van der Waals surface area contributed by atoms with E-state index in [1.807, 2.05) is 74.5 Å². The van der Waals surface area contributed by atoms with Crippen molar-refractivity contribution in [1.82, 2.24) is 19.4 Å². The molecule has 3 aromatic carbocycles. The van der Waals surface area contributed by atoms with E-state index in [0.717, 1.165) is 16.0 Å².